The molecule has 0 radical (unpaired) electrons. The van der Waals surface area contributed by atoms with Gasteiger partial charge in [-0.05, 0) is 45.4 Å². The number of aldehydes is 1. The molecule has 1 atom stereocenters. The maximum absolute atomic E-state index is 13.4. The SMILES string of the molecule is C[C@H](NC(=O)OC(C)(C)C)c1ccc(C=O)c(F)c1. The van der Waals surface area contributed by atoms with Crippen molar-refractivity contribution in [2.24, 2.45) is 0 Å². The molecule has 4 nitrogen and oxygen atoms in total. The molecule has 19 heavy (non-hydrogen) atoms. The summed E-state index contributed by atoms with van der Waals surface area (Å²) in [5, 5.41) is 2.60. The summed E-state index contributed by atoms with van der Waals surface area (Å²) in [5.41, 5.74) is -0.0293. The molecule has 0 fully saturated rings. The van der Waals surface area contributed by atoms with E-state index in [1.807, 2.05) is 0 Å². The van der Waals surface area contributed by atoms with E-state index in [1.165, 1.54) is 12.1 Å². The van der Waals surface area contributed by atoms with E-state index in [4.69, 9.17) is 4.74 Å². The van der Waals surface area contributed by atoms with Crippen LogP contribution in [0.5, 0.6) is 0 Å². The van der Waals surface area contributed by atoms with Crippen LogP contribution in [0.15, 0.2) is 18.2 Å². The first-order valence-corrected chi connectivity index (χ1v) is 5.97. The molecule has 1 aromatic rings. The zero-order chi connectivity index (χ0) is 14.6. The van der Waals surface area contributed by atoms with Crippen LogP contribution in [0.3, 0.4) is 0 Å². The Labute approximate surface area is 112 Å². The zero-order valence-electron chi connectivity index (χ0n) is 11.5. The van der Waals surface area contributed by atoms with Crippen LogP contribution >= 0.6 is 0 Å². The third-order valence-electron chi connectivity index (χ3n) is 2.38. The molecule has 0 aliphatic rings. The number of nitrogens with one attached hydrogen (secondary N) is 1. The van der Waals surface area contributed by atoms with Gasteiger partial charge in [-0.3, -0.25) is 4.79 Å². The lowest BCUT2D eigenvalue weighted by Gasteiger charge is -2.22. The van der Waals surface area contributed by atoms with Gasteiger partial charge in [0.2, 0.25) is 0 Å². The summed E-state index contributed by atoms with van der Waals surface area (Å²) in [7, 11) is 0. The minimum absolute atomic E-state index is 0.00628. The van der Waals surface area contributed by atoms with Crippen molar-refractivity contribution in [2.45, 2.75) is 39.3 Å². The molecule has 1 N–H and O–H groups in total. The summed E-state index contributed by atoms with van der Waals surface area (Å²) in [6.45, 7) is 6.99. The summed E-state index contributed by atoms with van der Waals surface area (Å²) >= 11 is 0. The first kappa shape index (κ1) is 15.1. The van der Waals surface area contributed by atoms with Crippen LogP contribution in [-0.4, -0.2) is 18.0 Å². The molecule has 1 amide bonds. The molecule has 0 bridgehead atoms. The van der Waals surface area contributed by atoms with E-state index in [2.05, 4.69) is 5.32 Å². The summed E-state index contributed by atoms with van der Waals surface area (Å²) < 4.78 is 18.5. The Bertz CT molecular complexity index is 480. The van der Waals surface area contributed by atoms with E-state index in [0.29, 0.717) is 11.8 Å². The van der Waals surface area contributed by atoms with Crippen molar-refractivity contribution in [3.05, 3.63) is 35.1 Å². The second-order valence-corrected chi connectivity index (χ2v) is 5.27. The van der Waals surface area contributed by atoms with Crippen molar-refractivity contribution in [1.82, 2.24) is 5.32 Å². The Morgan fingerprint density at radius 3 is 2.53 bits per heavy atom. The van der Waals surface area contributed by atoms with Crippen molar-refractivity contribution in [3.8, 4) is 0 Å². The van der Waals surface area contributed by atoms with E-state index >= 15 is 0 Å². The molecular formula is C14H18FNO3. The van der Waals surface area contributed by atoms with Gasteiger partial charge in [-0.2, -0.15) is 0 Å². The normalized spacial score (nSPS) is 12.7. The first-order chi connectivity index (χ1) is 8.73. The second kappa shape index (κ2) is 5.82. The predicted octanol–water partition coefficient (Wildman–Crippen LogP) is 3.22. The topological polar surface area (TPSA) is 55.4 Å². The smallest absolute Gasteiger partial charge is 0.408 e. The maximum Gasteiger partial charge on any atom is 0.408 e. The average Bonchev–Trinajstić information content (AvgIpc) is 2.26. The van der Waals surface area contributed by atoms with Gasteiger partial charge in [0.1, 0.15) is 11.4 Å². The Kier molecular flexibility index (Phi) is 4.64. The summed E-state index contributed by atoms with van der Waals surface area (Å²) in [6.07, 6.45) is -0.120. The molecule has 0 heterocycles. The Balaban J connectivity index is 2.73. The van der Waals surface area contributed by atoms with Crippen molar-refractivity contribution < 1.29 is 18.7 Å². The molecule has 1 rings (SSSR count). The predicted molar refractivity (Wildman–Crippen MR) is 69.6 cm³/mol. The van der Waals surface area contributed by atoms with Crippen LogP contribution < -0.4 is 5.32 Å². The van der Waals surface area contributed by atoms with Gasteiger partial charge in [0.15, 0.2) is 6.29 Å². The number of alkyl carbamates (subject to hydrolysis) is 1. The van der Waals surface area contributed by atoms with Crippen molar-refractivity contribution >= 4 is 12.4 Å². The zero-order valence-corrected chi connectivity index (χ0v) is 11.5. The van der Waals surface area contributed by atoms with Crippen molar-refractivity contribution in [2.75, 3.05) is 0 Å². The lowest BCUT2D eigenvalue weighted by atomic mass is 10.1. The van der Waals surface area contributed by atoms with Gasteiger partial charge < -0.3 is 10.1 Å². The van der Waals surface area contributed by atoms with Crippen molar-refractivity contribution in [3.63, 3.8) is 0 Å². The van der Waals surface area contributed by atoms with E-state index in [1.54, 1.807) is 33.8 Å². The third kappa shape index (κ3) is 4.69. The Hall–Kier alpha value is -1.91. The Morgan fingerprint density at radius 2 is 2.05 bits per heavy atom. The number of ether oxygens (including phenoxy) is 1. The van der Waals surface area contributed by atoms with Crippen LogP contribution in [0.25, 0.3) is 0 Å². The largest absolute Gasteiger partial charge is 0.444 e. The standard InChI is InChI=1S/C14H18FNO3/c1-9(16-13(18)19-14(2,3)4)10-5-6-11(8-17)12(15)7-10/h5-9H,1-4H3,(H,16,18)/t9-/m0/s1. The van der Waals surface area contributed by atoms with Gasteiger partial charge in [-0.1, -0.05) is 6.07 Å². The Morgan fingerprint density at radius 1 is 1.42 bits per heavy atom. The molecule has 5 heteroatoms. The lowest BCUT2D eigenvalue weighted by Crippen LogP contribution is -2.34. The summed E-state index contributed by atoms with van der Waals surface area (Å²) in [6, 6.07) is 3.79. The van der Waals surface area contributed by atoms with E-state index in [0.717, 1.165) is 0 Å². The minimum Gasteiger partial charge on any atom is -0.444 e. The average molecular weight is 267 g/mol. The fourth-order valence-corrected chi connectivity index (χ4v) is 1.48. The number of benzene rings is 1. The highest BCUT2D eigenvalue weighted by Gasteiger charge is 2.18. The number of hydrogen-bond donors (Lipinski definition) is 1. The van der Waals surface area contributed by atoms with Crippen LogP contribution in [0, 0.1) is 5.82 Å². The van der Waals surface area contributed by atoms with Crippen LogP contribution in [0.1, 0.15) is 49.7 Å². The van der Waals surface area contributed by atoms with Crippen LogP contribution in [-0.2, 0) is 4.74 Å². The van der Waals surface area contributed by atoms with Gasteiger partial charge >= 0.3 is 6.09 Å². The highest BCUT2D eigenvalue weighted by atomic mass is 19.1. The minimum atomic E-state index is -0.606. The number of carbonyl (C=O) groups is 2. The molecule has 0 unspecified atom stereocenters. The maximum atomic E-state index is 13.4. The van der Waals surface area contributed by atoms with Crippen LogP contribution in [0.4, 0.5) is 9.18 Å². The highest BCUT2D eigenvalue weighted by Crippen LogP contribution is 2.17. The first-order valence-electron chi connectivity index (χ1n) is 5.97. The highest BCUT2D eigenvalue weighted by molar-refractivity contribution is 5.75. The number of halogens is 1. The van der Waals surface area contributed by atoms with Gasteiger partial charge in [0, 0.05) is 0 Å². The fraction of sp³-hybridized carbons (Fsp3) is 0.429. The number of rotatable bonds is 3. The molecule has 0 spiro atoms. The molecule has 0 saturated heterocycles. The quantitative estimate of drug-likeness (QED) is 0.855. The number of carbonyl (C=O) groups excluding carboxylic acids is 2. The van der Waals surface area contributed by atoms with Crippen molar-refractivity contribution in [1.29, 1.82) is 0 Å². The molecule has 0 saturated carbocycles. The fourth-order valence-electron chi connectivity index (χ4n) is 1.48. The summed E-state index contributed by atoms with van der Waals surface area (Å²) in [4.78, 5) is 22.1. The third-order valence-corrected chi connectivity index (χ3v) is 2.38. The van der Waals surface area contributed by atoms with Gasteiger partial charge in [0.25, 0.3) is 0 Å². The molecule has 1 aromatic carbocycles. The molecule has 104 valence electrons. The van der Waals surface area contributed by atoms with Gasteiger partial charge in [-0.25, -0.2) is 9.18 Å². The van der Waals surface area contributed by atoms with E-state index in [-0.39, 0.29) is 5.56 Å². The molecule has 0 aliphatic carbocycles. The number of hydrogen-bond acceptors (Lipinski definition) is 3. The lowest BCUT2D eigenvalue weighted by molar-refractivity contribution is 0.0507. The second-order valence-electron chi connectivity index (χ2n) is 5.27. The number of amides is 1. The monoisotopic (exact) mass is 267 g/mol. The molecular weight excluding hydrogens is 249 g/mol. The van der Waals surface area contributed by atoms with Crippen LogP contribution in [0.2, 0.25) is 0 Å². The molecule has 0 aliphatic heterocycles. The summed E-state index contributed by atoms with van der Waals surface area (Å²) in [5.74, 6) is -0.606. The molecule has 0 aromatic heterocycles. The van der Waals surface area contributed by atoms with E-state index < -0.39 is 23.6 Å². The van der Waals surface area contributed by atoms with Gasteiger partial charge in [-0.15, -0.1) is 0 Å². The van der Waals surface area contributed by atoms with E-state index in [9.17, 15) is 14.0 Å². The van der Waals surface area contributed by atoms with Gasteiger partial charge in [0.05, 0.1) is 11.6 Å².